The van der Waals surface area contributed by atoms with Gasteiger partial charge < -0.3 is 15.4 Å². The number of aromatic nitrogens is 2. The van der Waals surface area contributed by atoms with Crippen LogP contribution in [0.2, 0.25) is 0 Å². The molecule has 0 aliphatic carbocycles. The molecule has 5 heteroatoms. The first-order valence-corrected chi connectivity index (χ1v) is 6.14. The first-order valence-electron chi connectivity index (χ1n) is 6.14. The molecule has 0 aliphatic heterocycles. The molecule has 0 aromatic carbocycles. The summed E-state index contributed by atoms with van der Waals surface area (Å²) in [6.45, 7) is 8.48. The summed E-state index contributed by atoms with van der Waals surface area (Å²) in [5, 5.41) is 6.35. The minimum Gasteiger partial charge on any atom is -0.377 e. The van der Waals surface area contributed by atoms with Crippen molar-refractivity contribution >= 4 is 11.8 Å². The molecule has 1 aromatic heterocycles. The van der Waals surface area contributed by atoms with Gasteiger partial charge in [0.1, 0.15) is 5.82 Å². The Balaban J connectivity index is 2.32. The maximum Gasteiger partial charge on any atom is 0.224 e. The zero-order chi connectivity index (χ0) is 12.5. The highest BCUT2D eigenvalue weighted by Crippen LogP contribution is 2.05. The molecule has 0 saturated carbocycles. The van der Waals surface area contributed by atoms with Gasteiger partial charge in [0, 0.05) is 19.3 Å². The van der Waals surface area contributed by atoms with E-state index in [-0.39, 0.29) is 6.10 Å². The summed E-state index contributed by atoms with van der Waals surface area (Å²) in [6.07, 6.45) is 3.07. The van der Waals surface area contributed by atoms with Crippen LogP contribution in [0.4, 0.5) is 11.8 Å². The summed E-state index contributed by atoms with van der Waals surface area (Å²) < 4.78 is 5.44. The van der Waals surface area contributed by atoms with Crippen molar-refractivity contribution in [2.45, 2.75) is 33.3 Å². The van der Waals surface area contributed by atoms with Crippen molar-refractivity contribution in [2.24, 2.45) is 0 Å². The number of hydrogen-bond acceptors (Lipinski definition) is 5. The van der Waals surface area contributed by atoms with Gasteiger partial charge in [-0.25, -0.2) is 4.98 Å². The summed E-state index contributed by atoms with van der Waals surface area (Å²) in [6, 6.07) is 1.85. The summed E-state index contributed by atoms with van der Waals surface area (Å²) in [5.41, 5.74) is 0. The smallest absolute Gasteiger partial charge is 0.224 e. The summed E-state index contributed by atoms with van der Waals surface area (Å²) in [4.78, 5) is 8.48. The van der Waals surface area contributed by atoms with Crippen molar-refractivity contribution in [1.29, 1.82) is 0 Å². The maximum atomic E-state index is 5.44. The fourth-order valence-corrected chi connectivity index (χ4v) is 1.25. The predicted octanol–water partition coefficient (Wildman–Crippen LogP) is 2.14. The molecule has 0 aliphatic rings. The molecule has 0 fully saturated rings. The van der Waals surface area contributed by atoms with Crippen molar-refractivity contribution in [1.82, 2.24) is 9.97 Å². The van der Waals surface area contributed by atoms with Crippen LogP contribution < -0.4 is 10.6 Å². The summed E-state index contributed by atoms with van der Waals surface area (Å²) in [5.74, 6) is 1.49. The van der Waals surface area contributed by atoms with Gasteiger partial charge >= 0.3 is 0 Å². The molecule has 96 valence electrons. The second-order valence-electron chi connectivity index (χ2n) is 4.04. The topological polar surface area (TPSA) is 59.1 Å². The van der Waals surface area contributed by atoms with E-state index in [2.05, 4.69) is 27.5 Å². The summed E-state index contributed by atoms with van der Waals surface area (Å²) >= 11 is 0. The number of nitrogens with one attached hydrogen (secondary N) is 2. The molecule has 0 atom stereocenters. The average Bonchev–Trinajstić information content (AvgIpc) is 2.32. The molecule has 0 saturated heterocycles. The second kappa shape index (κ2) is 7.84. The molecule has 5 nitrogen and oxygen atoms in total. The fraction of sp³-hybridized carbons (Fsp3) is 0.667. The monoisotopic (exact) mass is 238 g/mol. The third-order valence-electron chi connectivity index (χ3n) is 2.05. The van der Waals surface area contributed by atoms with Crippen LogP contribution in [0.1, 0.15) is 27.2 Å². The number of ether oxygens (including phenoxy) is 1. The van der Waals surface area contributed by atoms with Crippen molar-refractivity contribution in [3.63, 3.8) is 0 Å². The Labute approximate surface area is 103 Å². The van der Waals surface area contributed by atoms with Crippen LogP contribution in [0.3, 0.4) is 0 Å². The largest absolute Gasteiger partial charge is 0.377 e. The molecule has 0 spiro atoms. The van der Waals surface area contributed by atoms with Crippen molar-refractivity contribution in [3.8, 4) is 0 Å². The van der Waals surface area contributed by atoms with Gasteiger partial charge in [0.15, 0.2) is 0 Å². The van der Waals surface area contributed by atoms with E-state index >= 15 is 0 Å². The zero-order valence-corrected chi connectivity index (χ0v) is 10.9. The molecule has 1 heterocycles. The maximum absolute atomic E-state index is 5.44. The molecule has 0 amide bonds. The highest BCUT2D eigenvalue weighted by molar-refractivity contribution is 5.39. The third-order valence-corrected chi connectivity index (χ3v) is 2.05. The highest BCUT2D eigenvalue weighted by Gasteiger charge is 1.98. The quantitative estimate of drug-likeness (QED) is 0.679. The SMILES string of the molecule is CCCNc1nccc(NCCOC(C)C)n1. The molecule has 1 rings (SSSR count). The van der Waals surface area contributed by atoms with Crippen LogP contribution >= 0.6 is 0 Å². The molecule has 0 bridgehead atoms. The van der Waals surface area contributed by atoms with E-state index in [4.69, 9.17) is 4.74 Å². The molecular formula is C12H22N4O. The minimum atomic E-state index is 0.268. The lowest BCUT2D eigenvalue weighted by Gasteiger charge is -2.09. The van der Waals surface area contributed by atoms with Gasteiger partial charge in [-0.3, -0.25) is 0 Å². The highest BCUT2D eigenvalue weighted by atomic mass is 16.5. The van der Waals surface area contributed by atoms with E-state index in [1.165, 1.54) is 0 Å². The van der Waals surface area contributed by atoms with E-state index in [1.54, 1.807) is 6.20 Å². The van der Waals surface area contributed by atoms with E-state index in [9.17, 15) is 0 Å². The number of anilines is 2. The van der Waals surface area contributed by atoms with Gasteiger partial charge in [-0.1, -0.05) is 6.92 Å². The first kappa shape index (κ1) is 13.7. The molecule has 0 unspecified atom stereocenters. The summed E-state index contributed by atoms with van der Waals surface area (Å²) in [7, 11) is 0. The van der Waals surface area contributed by atoms with Crippen molar-refractivity contribution < 1.29 is 4.74 Å². The van der Waals surface area contributed by atoms with Crippen molar-refractivity contribution in [2.75, 3.05) is 30.3 Å². The predicted molar refractivity (Wildman–Crippen MR) is 70.4 cm³/mol. The Morgan fingerprint density at radius 3 is 2.82 bits per heavy atom. The van der Waals surface area contributed by atoms with Gasteiger partial charge in [-0.05, 0) is 26.3 Å². The lowest BCUT2D eigenvalue weighted by atomic mass is 10.5. The molecule has 1 aromatic rings. The molecule has 17 heavy (non-hydrogen) atoms. The molecular weight excluding hydrogens is 216 g/mol. The fourth-order valence-electron chi connectivity index (χ4n) is 1.25. The van der Waals surface area contributed by atoms with Crippen LogP contribution in [-0.4, -0.2) is 35.8 Å². The Bertz CT molecular complexity index is 317. The van der Waals surface area contributed by atoms with Crippen LogP contribution in [0.5, 0.6) is 0 Å². The van der Waals surface area contributed by atoms with E-state index < -0.39 is 0 Å². The van der Waals surface area contributed by atoms with Gasteiger partial charge in [0.2, 0.25) is 5.95 Å². The molecule has 2 N–H and O–H groups in total. The lowest BCUT2D eigenvalue weighted by Crippen LogP contribution is -2.14. The average molecular weight is 238 g/mol. The standard InChI is InChI=1S/C12H22N4O/c1-4-6-14-12-15-7-5-11(16-12)13-8-9-17-10(2)3/h5,7,10H,4,6,8-9H2,1-3H3,(H2,13,14,15,16). The Morgan fingerprint density at radius 1 is 1.29 bits per heavy atom. The zero-order valence-electron chi connectivity index (χ0n) is 10.9. The number of rotatable bonds is 8. The van der Waals surface area contributed by atoms with Crippen LogP contribution in [0.15, 0.2) is 12.3 Å². The Morgan fingerprint density at radius 2 is 2.12 bits per heavy atom. The van der Waals surface area contributed by atoms with Crippen LogP contribution in [-0.2, 0) is 4.74 Å². The normalized spacial score (nSPS) is 10.6. The van der Waals surface area contributed by atoms with E-state index in [0.717, 1.165) is 25.3 Å². The van der Waals surface area contributed by atoms with Gasteiger partial charge in [-0.2, -0.15) is 4.98 Å². The number of nitrogens with zero attached hydrogens (tertiary/aromatic N) is 2. The lowest BCUT2D eigenvalue weighted by molar-refractivity contribution is 0.0870. The van der Waals surface area contributed by atoms with Crippen LogP contribution in [0, 0.1) is 0 Å². The molecule has 0 radical (unpaired) electrons. The van der Waals surface area contributed by atoms with Gasteiger partial charge in [0.05, 0.1) is 12.7 Å². The second-order valence-corrected chi connectivity index (χ2v) is 4.04. The van der Waals surface area contributed by atoms with E-state index in [0.29, 0.717) is 12.6 Å². The number of hydrogen-bond donors (Lipinski definition) is 2. The first-order chi connectivity index (χ1) is 8.22. The van der Waals surface area contributed by atoms with Gasteiger partial charge in [0.25, 0.3) is 0 Å². The Hall–Kier alpha value is -1.36. The van der Waals surface area contributed by atoms with Crippen LogP contribution in [0.25, 0.3) is 0 Å². The van der Waals surface area contributed by atoms with E-state index in [1.807, 2.05) is 19.9 Å². The third kappa shape index (κ3) is 6.06. The van der Waals surface area contributed by atoms with Crippen molar-refractivity contribution in [3.05, 3.63) is 12.3 Å². The van der Waals surface area contributed by atoms with Gasteiger partial charge in [-0.15, -0.1) is 0 Å². The Kier molecular flexibility index (Phi) is 6.32. The minimum absolute atomic E-state index is 0.268.